The first-order valence-corrected chi connectivity index (χ1v) is 5.22. The van der Waals surface area contributed by atoms with Gasteiger partial charge < -0.3 is 5.32 Å². The molecule has 0 amide bonds. The number of rotatable bonds is 3. The molecule has 0 aromatic rings. The molecule has 2 fully saturated rings. The lowest BCUT2D eigenvalue weighted by Gasteiger charge is -2.32. The number of hydrogen-bond acceptors (Lipinski definition) is 3. The molecule has 13 heavy (non-hydrogen) atoms. The molecule has 0 atom stereocenters. The van der Waals surface area contributed by atoms with Gasteiger partial charge in [-0.25, -0.2) is 0 Å². The standard InChI is InChI=1S/C10H17N3/c11-8-10(3-5-12-6-4-10)13-7-9-1-2-9/h9,12-13H,1-7H2. The molecule has 0 radical (unpaired) electrons. The van der Waals surface area contributed by atoms with Gasteiger partial charge in [0.2, 0.25) is 0 Å². The molecule has 0 unspecified atom stereocenters. The fraction of sp³-hybridized carbons (Fsp3) is 0.900. The molecule has 1 saturated heterocycles. The zero-order valence-corrected chi connectivity index (χ0v) is 7.97. The Morgan fingerprint density at radius 3 is 2.62 bits per heavy atom. The van der Waals surface area contributed by atoms with Crippen molar-refractivity contribution in [3.8, 4) is 6.07 Å². The van der Waals surface area contributed by atoms with Crippen LogP contribution in [0, 0.1) is 17.2 Å². The van der Waals surface area contributed by atoms with E-state index < -0.39 is 0 Å². The van der Waals surface area contributed by atoms with Gasteiger partial charge in [-0.3, -0.25) is 5.32 Å². The molecule has 0 bridgehead atoms. The van der Waals surface area contributed by atoms with Crippen molar-refractivity contribution in [1.82, 2.24) is 10.6 Å². The molecule has 3 nitrogen and oxygen atoms in total. The minimum absolute atomic E-state index is 0.214. The van der Waals surface area contributed by atoms with Crippen molar-refractivity contribution in [2.45, 2.75) is 31.2 Å². The number of nitrogens with one attached hydrogen (secondary N) is 2. The summed E-state index contributed by atoms with van der Waals surface area (Å²) in [7, 11) is 0. The Bertz CT molecular complexity index is 209. The van der Waals surface area contributed by atoms with Crippen LogP contribution in [-0.4, -0.2) is 25.2 Å². The summed E-state index contributed by atoms with van der Waals surface area (Å²) in [6, 6.07) is 2.45. The van der Waals surface area contributed by atoms with Gasteiger partial charge in [-0.1, -0.05) is 0 Å². The zero-order valence-electron chi connectivity index (χ0n) is 7.97. The number of hydrogen-bond donors (Lipinski definition) is 2. The summed E-state index contributed by atoms with van der Waals surface area (Å²) in [5.41, 5.74) is -0.214. The van der Waals surface area contributed by atoms with Gasteiger partial charge in [0.1, 0.15) is 5.54 Å². The van der Waals surface area contributed by atoms with Crippen LogP contribution in [0.4, 0.5) is 0 Å². The predicted molar refractivity (Wildman–Crippen MR) is 51.2 cm³/mol. The molecule has 1 saturated carbocycles. The Kier molecular flexibility index (Phi) is 2.52. The molecule has 2 aliphatic rings. The second-order valence-corrected chi connectivity index (χ2v) is 4.27. The maximum atomic E-state index is 9.13. The van der Waals surface area contributed by atoms with Crippen molar-refractivity contribution < 1.29 is 0 Å². The molecule has 1 aliphatic carbocycles. The minimum Gasteiger partial charge on any atom is -0.317 e. The Hall–Kier alpha value is -0.590. The largest absolute Gasteiger partial charge is 0.317 e. The van der Waals surface area contributed by atoms with Gasteiger partial charge in [-0.15, -0.1) is 0 Å². The topological polar surface area (TPSA) is 47.9 Å². The summed E-state index contributed by atoms with van der Waals surface area (Å²) in [6.45, 7) is 3.00. The summed E-state index contributed by atoms with van der Waals surface area (Å²) in [5, 5.41) is 15.9. The van der Waals surface area contributed by atoms with Gasteiger partial charge in [0, 0.05) is 0 Å². The molecule has 2 N–H and O–H groups in total. The monoisotopic (exact) mass is 179 g/mol. The maximum absolute atomic E-state index is 9.13. The number of nitriles is 1. The van der Waals surface area contributed by atoms with Crippen LogP contribution in [0.1, 0.15) is 25.7 Å². The zero-order chi connectivity index (χ0) is 9.15. The fourth-order valence-corrected chi connectivity index (χ4v) is 1.84. The van der Waals surface area contributed by atoms with Crippen LogP contribution in [0.5, 0.6) is 0 Å². The van der Waals surface area contributed by atoms with Crippen LogP contribution in [0.25, 0.3) is 0 Å². The van der Waals surface area contributed by atoms with Gasteiger partial charge in [0.25, 0.3) is 0 Å². The SMILES string of the molecule is N#CC1(NCC2CC2)CCNCC1. The summed E-state index contributed by atoms with van der Waals surface area (Å²) in [6.07, 6.45) is 4.62. The van der Waals surface area contributed by atoms with Crippen molar-refractivity contribution in [3.63, 3.8) is 0 Å². The molecule has 1 aliphatic heterocycles. The van der Waals surface area contributed by atoms with Gasteiger partial charge in [0.15, 0.2) is 0 Å². The summed E-state index contributed by atoms with van der Waals surface area (Å²) in [5.74, 6) is 0.861. The molecular weight excluding hydrogens is 162 g/mol. The summed E-state index contributed by atoms with van der Waals surface area (Å²) in [4.78, 5) is 0. The van der Waals surface area contributed by atoms with Crippen LogP contribution < -0.4 is 10.6 Å². The smallest absolute Gasteiger partial charge is 0.109 e. The third kappa shape index (κ3) is 2.20. The minimum atomic E-state index is -0.214. The van der Waals surface area contributed by atoms with Crippen molar-refractivity contribution in [2.24, 2.45) is 5.92 Å². The van der Waals surface area contributed by atoms with Crippen molar-refractivity contribution in [2.75, 3.05) is 19.6 Å². The van der Waals surface area contributed by atoms with Gasteiger partial charge in [0.05, 0.1) is 6.07 Å². The van der Waals surface area contributed by atoms with Crippen LogP contribution in [0.3, 0.4) is 0 Å². The lowest BCUT2D eigenvalue weighted by molar-refractivity contribution is 0.307. The Balaban J connectivity index is 1.85. The summed E-state index contributed by atoms with van der Waals surface area (Å²) >= 11 is 0. The van der Waals surface area contributed by atoms with Crippen molar-refractivity contribution >= 4 is 0 Å². The third-order valence-corrected chi connectivity index (χ3v) is 3.10. The number of nitrogens with zero attached hydrogens (tertiary/aromatic N) is 1. The van der Waals surface area contributed by atoms with E-state index in [1.54, 1.807) is 0 Å². The van der Waals surface area contributed by atoms with E-state index in [9.17, 15) is 0 Å². The highest BCUT2D eigenvalue weighted by molar-refractivity contribution is 5.09. The van der Waals surface area contributed by atoms with E-state index in [2.05, 4.69) is 16.7 Å². The Labute approximate surface area is 79.5 Å². The van der Waals surface area contributed by atoms with E-state index in [-0.39, 0.29) is 5.54 Å². The van der Waals surface area contributed by atoms with E-state index in [1.807, 2.05) is 0 Å². The third-order valence-electron chi connectivity index (χ3n) is 3.10. The van der Waals surface area contributed by atoms with Crippen LogP contribution in [0.15, 0.2) is 0 Å². The Morgan fingerprint density at radius 1 is 1.38 bits per heavy atom. The predicted octanol–water partition coefficient (Wildman–Crippen LogP) is 0.632. The highest BCUT2D eigenvalue weighted by Gasteiger charge is 2.33. The normalized spacial score (nSPS) is 26.7. The molecule has 0 aromatic heterocycles. The Morgan fingerprint density at radius 2 is 2.08 bits per heavy atom. The molecule has 0 aromatic carbocycles. The van der Waals surface area contributed by atoms with Crippen LogP contribution >= 0.6 is 0 Å². The van der Waals surface area contributed by atoms with E-state index in [0.717, 1.165) is 38.4 Å². The molecule has 3 heteroatoms. The maximum Gasteiger partial charge on any atom is 0.109 e. The van der Waals surface area contributed by atoms with E-state index in [4.69, 9.17) is 5.26 Å². The van der Waals surface area contributed by atoms with Gasteiger partial charge >= 0.3 is 0 Å². The first kappa shape index (κ1) is 8.98. The second kappa shape index (κ2) is 3.65. The van der Waals surface area contributed by atoms with Crippen LogP contribution in [-0.2, 0) is 0 Å². The molecule has 2 rings (SSSR count). The van der Waals surface area contributed by atoms with E-state index in [1.165, 1.54) is 12.8 Å². The van der Waals surface area contributed by atoms with Gasteiger partial charge in [-0.05, 0) is 51.2 Å². The molecule has 0 spiro atoms. The molecular formula is C10H17N3. The lowest BCUT2D eigenvalue weighted by atomic mass is 9.90. The average Bonchev–Trinajstić information content (AvgIpc) is 3.00. The molecule has 1 heterocycles. The van der Waals surface area contributed by atoms with E-state index in [0.29, 0.717) is 0 Å². The second-order valence-electron chi connectivity index (χ2n) is 4.27. The average molecular weight is 179 g/mol. The van der Waals surface area contributed by atoms with Crippen LogP contribution in [0.2, 0.25) is 0 Å². The van der Waals surface area contributed by atoms with Gasteiger partial charge in [-0.2, -0.15) is 5.26 Å². The number of piperidine rings is 1. The first-order valence-electron chi connectivity index (χ1n) is 5.22. The first-order chi connectivity index (χ1) is 6.35. The van der Waals surface area contributed by atoms with Crippen molar-refractivity contribution in [1.29, 1.82) is 5.26 Å². The highest BCUT2D eigenvalue weighted by Crippen LogP contribution is 2.29. The quantitative estimate of drug-likeness (QED) is 0.668. The summed E-state index contributed by atoms with van der Waals surface area (Å²) < 4.78 is 0. The van der Waals surface area contributed by atoms with E-state index >= 15 is 0 Å². The van der Waals surface area contributed by atoms with Crippen molar-refractivity contribution in [3.05, 3.63) is 0 Å². The fourth-order valence-electron chi connectivity index (χ4n) is 1.84. The lowest BCUT2D eigenvalue weighted by Crippen LogP contribution is -2.51. The highest BCUT2D eigenvalue weighted by atomic mass is 15.0. The molecule has 72 valence electrons.